The molecule has 130 valence electrons. The molecular formula is C17H20BrNO5. The number of rotatable bonds is 3. The first-order valence-electron chi connectivity index (χ1n) is 7.68. The van der Waals surface area contributed by atoms with Crippen molar-refractivity contribution in [3.05, 3.63) is 27.7 Å². The van der Waals surface area contributed by atoms with Gasteiger partial charge in [0.1, 0.15) is 5.60 Å². The van der Waals surface area contributed by atoms with Gasteiger partial charge >= 0.3 is 12.1 Å². The largest absolute Gasteiger partial charge is 0.460 e. The first kappa shape index (κ1) is 18.4. The zero-order valence-corrected chi connectivity index (χ0v) is 15.7. The minimum atomic E-state index is -0.936. The van der Waals surface area contributed by atoms with Gasteiger partial charge in [0.05, 0.1) is 17.9 Å². The maximum absolute atomic E-state index is 12.4. The van der Waals surface area contributed by atoms with E-state index in [9.17, 15) is 14.4 Å². The maximum atomic E-state index is 12.4. The lowest BCUT2D eigenvalue weighted by atomic mass is 10.0. The number of ether oxygens (including phenoxy) is 2. The predicted molar refractivity (Wildman–Crippen MR) is 92.4 cm³/mol. The fraction of sp³-hybridized carbons (Fsp3) is 0.471. The van der Waals surface area contributed by atoms with E-state index in [1.807, 2.05) is 6.07 Å². The Hall–Kier alpha value is -1.89. The lowest BCUT2D eigenvalue weighted by molar-refractivity contribution is -0.137. The van der Waals surface area contributed by atoms with E-state index in [-0.39, 0.29) is 12.2 Å². The molecule has 1 aromatic carbocycles. The van der Waals surface area contributed by atoms with E-state index >= 15 is 0 Å². The van der Waals surface area contributed by atoms with Crippen LogP contribution in [0, 0.1) is 0 Å². The molecule has 1 amide bonds. The Morgan fingerprint density at radius 3 is 2.50 bits per heavy atom. The molecule has 0 aromatic heterocycles. The highest BCUT2D eigenvalue weighted by atomic mass is 79.9. The number of halogens is 1. The predicted octanol–water partition coefficient (Wildman–Crippen LogP) is 3.49. The smallest absolute Gasteiger partial charge is 0.414 e. The SMILES string of the molecule is CCOC(=O)C(=O)c1cc(Br)cc2c1N(C(=O)OC(C)(C)C)CC2. The molecule has 0 unspecified atom stereocenters. The minimum absolute atomic E-state index is 0.108. The molecule has 6 nitrogen and oxygen atoms in total. The van der Waals surface area contributed by atoms with E-state index in [2.05, 4.69) is 15.9 Å². The normalized spacial score (nSPS) is 13.5. The zero-order chi connectivity index (χ0) is 18.1. The van der Waals surface area contributed by atoms with Gasteiger partial charge in [-0.05, 0) is 51.8 Å². The van der Waals surface area contributed by atoms with Crippen molar-refractivity contribution in [3.63, 3.8) is 0 Å². The van der Waals surface area contributed by atoms with Gasteiger partial charge in [-0.2, -0.15) is 0 Å². The second kappa shape index (κ2) is 6.93. The molecule has 1 aliphatic rings. The fourth-order valence-electron chi connectivity index (χ4n) is 2.49. The maximum Gasteiger partial charge on any atom is 0.414 e. The summed E-state index contributed by atoms with van der Waals surface area (Å²) in [7, 11) is 0. The Kier molecular flexibility index (Phi) is 5.32. The molecule has 2 rings (SSSR count). The van der Waals surface area contributed by atoms with Crippen LogP contribution in [0.15, 0.2) is 16.6 Å². The van der Waals surface area contributed by atoms with Gasteiger partial charge in [0.15, 0.2) is 0 Å². The Morgan fingerprint density at radius 2 is 1.92 bits per heavy atom. The molecule has 24 heavy (non-hydrogen) atoms. The van der Waals surface area contributed by atoms with Crippen molar-refractivity contribution in [2.45, 2.75) is 39.7 Å². The summed E-state index contributed by atoms with van der Waals surface area (Å²) in [5.41, 5.74) is 0.718. The molecule has 0 saturated heterocycles. The summed E-state index contributed by atoms with van der Waals surface area (Å²) in [6, 6.07) is 3.36. The van der Waals surface area contributed by atoms with Crippen molar-refractivity contribution in [1.29, 1.82) is 0 Å². The Morgan fingerprint density at radius 1 is 1.25 bits per heavy atom. The molecule has 0 spiro atoms. The molecule has 0 bridgehead atoms. The summed E-state index contributed by atoms with van der Waals surface area (Å²) in [6.45, 7) is 7.44. The summed E-state index contributed by atoms with van der Waals surface area (Å²) in [4.78, 5) is 38.1. The van der Waals surface area contributed by atoms with Gasteiger partial charge < -0.3 is 9.47 Å². The second-order valence-corrected chi connectivity index (χ2v) is 7.31. The van der Waals surface area contributed by atoms with Crippen LogP contribution >= 0.6 is 15.9 Å². The van der Waals surface area contributed by atoms with Crippen LogP contribution in [-0.2, 0) is 20.7 Å². The van der Waals surface area contributed by atoms with Crippen LogP contribution in [0.1, 0.15) is 43.6 Å². The number of fused-ring (bicyclic) bond motifs is 1. The van der Waals surface area contributed by atoms with Crippen LogP contribution in [0.2, 0.25) is 0 Å². The molecule has 0 atom stereocenters. The minimum Gasteiger partial charge on any atom is -0.460 e. The molecule has 7 heteroatoms. The highest BCUT2D eigenvalue weighted by molar-refractivity contribution is 9.10. The number of carbonyl (C=O) groups is 3. The highest BCUT2D eigenvalue weighted by Crippen LogP contribution is 2.36. The average Bonchev–Trinajstić information content (AvgIpc) is 2.87. The zero-order valence-electron chi connectivity index (χ0n) is 14.1. The van der Waals surface area contributed by atoms with Crippen LogP contribution in [0.25, 0.3) is 0 Å². The first-order valence-corrected chi connectivity index (χ1v) is 8.47. The van der Waals surface area contributed by atoms with Crippen molar-refractivity contribution in [1.82, 2.24) is 0 Å². The van der Waals surface area contributed by atoms with Crippen LogP contribution in [0.5, 0.6) is 0 Å². The van der Waals surface area contributed by atoms with Gasteiger partial charge in [-0.25, -0.2) is 9.59 Å². The standard InChI is InChI=1S/C17H20BrNO5/c1-5-23-15(21)14(20)12-9-11(18)8-10-6-7-19(13(10)12)16(22)24-17(2,3)4/h8-9H,5-7H2,1-4H3. The number of esters is 1. The first-order chi connectivity index (χ1) is 11.1. The molecule has 1 aromatic rings. The molecule has 0 aliphatic carbocycles. The molecule has 1 aliphatic heterocycles. The number of Topliss-reactive ketones (excluding diaryl/α,β-unsaturated/α-hetero) is 1. The molecule has 0 radical (unpaired) electrons. The third-order valence-electron chi connectivity index (χ3n) is 3.35. The van der Waals surface area contributed by atoms with Crippen molar-refractivity contribution in [3.8, 4) is 0 Å². The Bertz CT molecular complexity index is 693. The van der Waals surface area contributed by atoms with E-state index in [1.165, 1.54) is 11.0 Å². The summed E-state index contributed by atoms with van der Waals surface area (Å²) in [5.74, 6) is -1.71. The van der Waals surface area contributed by atoms with Crippen LogP contribution < -0.4 is 4.90 Å². The van der Waals surface area contributed by atoms with Crippen LogP contribution in [0.4, 0.5) is 10.5 Å². The average molecular weight is 398 g/mol. The molecule has 0 N–H and O–H groups in total. The van der Waals surface area contributed by atoms with Gasteiger partial charge in [0.25, 0.3) is 5.78 Å². The fourth-order valence-corrected chi connectivity index (χ4v) is 2.99. The highest BCUT2D eigenvalue weighted by Gasteiger charge is 2.34. The number of benzene rings is 1. The topological polar surface area (TPSA) is 72.9 Å². The molecule has 0 saturated carbocycles. The number of ketones is 1. The summed E-state index contributed by atoms with van der Waals surface area (Å²) >= 11 is 3.34. The van der Waals surface area contributed by atoms with Gasteiger partial charge in [-0.15, -0.1) is 0 Å². The van der Waals surface area contributed by atoms with Gasteiger partial charge in [0.2, 0.25) is 0 Å². The number of hydrogen-bond donors (Lipinski definition) is 0. The lowest BCUT2D eigenvalue weighted by Gasteiger charge is -2.25. The van der Waals surface area contributed by atoms with E-state index in [0.29, 0.717) is 23.1 Å². The molecule has 0 fully saturated rings. The third kappa shape index (κ3) is 3.95. The van der Waals surface area contributed by atoms with Gasteiger partial charge in [0, 0.05) is 11.0 Å². The quantitative estimate of drug-likeness (QED) is 0.443. The number of amides is 1. The van der Waals surface area contributed by atoms with Crippen LogP contribution in [-0.4, -0.2) is 36.6 Å². The number of nitrogens with zero attached hydrogens (tertiary/aromatic N) is 1. The van der Waals surface area contributed by atoms with E-state index in [1.54, 1.807) is 27.7 Å². The number of hydrogen-bond acceptors (Lipinski definition) is 5. The lowest BCUT2D eigenvalue weighted by Crippen LogP contribution is -2.36. The van der Waals surface area contributed by atoms with Crippen molar-refractivity contribution >= 4 is 39.5 Å². The monoisotopic (exact) mass is 397 g/mol. The van der Waals surface area contributed by atoms with Crippen molar-refractivity contribution in [2.75, 3.05) is 18.1 Å². The van der Waals surface area contributed by atoms with Crippen molar-refractivity contribution < 1.29 is 23.9 Å². The molecule has 1 heterocycles. The van der Waals surface area contributed by atoms with E-state index < -0.39 is 23.4 Å². The summed E-state index contributed by atoms with van der Waals surface area (Å²) in [6.07, 6.45) is 0.0402. The van der Waals surface area contributed by atoms with Crippen LogP contribution in [0.3, 0.4) is 0 Å². The third-order valence-corrected chi connectivity index (χ3v) is 3.81. The van der Waals surface area contributed by atoms with Crippen molar-refractivity contribution in [2.24, 2.45) is 0 Å². The Labute approximate surface area is 149 Å². The summed E-state index contributed by atoms with van der Waals surface area (Å²) in [5, 5.41) is 0. The van der Waals surface area contributed by atoms with Gasteiger partial charge in [-0.1, -0.05) is 15.9 Å². The Balaban J connectivity index is 2.43. The summed E-state index contributed by atoms with van der Waals surface area (Å²) < 4.78 is 10.9. The molecular weight excluding hydrogens is 378 g/mol. The second-order valence-electron chi connectivity index (χ2n) is 6.39. The number of carbonyl (C=O) groups excluding carboxylic acids is 3. The number of anilines is 1. The van der Waals surface area contributed by atoms with Gasteiger partial charge in [-0.3, -0.25) is 9.69 Å². The van der Waals surface area contributed by atoms with E-state index in [0.717, 1.165) is 5.56 Å². The van der Waals surface area contributed by atoms with E-state index in [4.69, 9.17) is 9.47 Å².